The van der Waals surface area contributed by atoms with Gasteiger partial charge in [-0.2, -0.15) is 0 Å². The number of ether oxygens (including phenoxy) is 1. The number of hydrogen-bond donors (Lipinski definition) is 1. The first-order valence-corrected chi connectivity index (χ1v) is 10.5. The van der Waals surface area contributed by atoms with Crippen molar-refractivity contribution in [2.75, 3.05) is 5.32 Å². The maximum Gasteiger partial charge on any atom is 0.259 e. The molecule has 1 N–H and O–H groups in total. The molecule has 0 radical (unpaired) electrons. The Labute approximate surface area is 190 Å². The number of anilines is 1. The van der Waals surface area contributed by atoms with Crippen molar-refractivity contribution in [2.24, 2.45) is 0 Å². The van der Waals surface area contributed by atoms with E-state index in [2.05, 4.69) is 5.32 Å². The summed E-state index contributed by atoms with van der Waals surface area (Å²) in [6.07, 6.45) is 1.75. The summed E-state index contributed by atoms with van der Waals surface area (Å²) in [5, 5.41) is 3.56. The van der Waals surface area contributed by atoms with Gasteiger partial charge in [0.05, 0.1) is 12.1 Å². The average Bonchev–Trinajstić information content (AvgIpc) is 2.81. The summed E-state index contributed by atoms with van der Waals surface area (Å²) in [7, 11) is 0. The van der Waals surface area contributed by atoms with Gasteiger partial charge in [-0.15, -0.1) is 0 Å². The average molecular weight is 445 g/mol. The van der Waals surface area contributed by atoms with Crippen molar-refractivity contribution in [1.82, 2.24) is 4.57 Å². The molecule has 1 aromatic heterocycles. The van der Waals surface area contributed by atoms with E-state index in [0.29, 0.717) is 35.2 Å². The van der Waals surface area contributed by atoms with Crippen LogP contribution in [-0.2, 0) is 13.2 Å². The maximum atomic E-state index is 12.9. The van der Waals surface area contributed by atoms with Crippen LogP contribution in [-0.4, -0.2) is 10.5 Å². The molecule has 1 heterocycles. The van der Waals surface area contributed by atoms with Gasteiger partial charge in [0.15, 0.2) is 0 Å². The Morgan fingerprint density at radius 1 is 0.844 bits per heavy atom. The van der Waals surface area contributed by atoms with Crippen molar-refractivity contribution in [3.8, 4) is 5.75 Å². The quantitative estimate of drug-likeness (QED) is 0.416. The fraction of sp³-hybridized carbons (Fsp3) is 0.0769. The van der Waals surface area contributed by atoms with Crippen molar-refractivity contribution in [2.45, 2.75) is 13.2 Å². The van der Waals surface area contributed by atoms with E-state index >= 15 is 0 Å². The highest BCUT2D eigenvalue weighted by Crippen LogP contribution is 2.22. The zero-order valence-corrected chi connectivity index (χ0v) is 18.0. The summed E-state index contributed by atoms with van der Waals surface area (Å²) in [4.78, 5) is 24.7. The molecule has 0 spiro atoms. The Hall–Kier alpha value is -3.83. The van der Waals surface area contributed by atoms with Crippen LogP contribution in [0.25, 0.3) is 0 Å². The fourth-order valence-corrected chi connectivity index (χ4v) is 3.33. The topological polar surface area (TPSA) is 60.3 Å². The standard InChI is InChI=1S/C26H21ClN2O3/c27-21-12-8-20(9-13-21)18-32-24-6-2-1-5-23(24)26(31)28-22-14-10-19(11-15-22)17-29-16-4-3-7-25(29)30/h1-16H,17-18H2,(H,28,31). The number of nitrogens with zero attached hydrogens (tertiary/aromatic N) is 1. The zero-order chi connectivity index (χ0) is 22.3. The number of halogens is 1. The van der Waals surface area contributed by atoms with E-state index in [4.69, 9.17) is 16.3 Å². The predicted molar refractivity (Wildman–Crippen MR) is 126 cm³/mol. The highest BCUT2D eigenvalue weighted by molar-refractivity contribution is 6.30. The largest absolute Gasteiger partial charge is 0.488 e. The van der Waals surface area contributed by atoms with Crippen molar-refractivity contribution >= 4 is 23.2 Å². The molecule has 0 unspecified atom stereocenters. The van der Waals surface area contributed by atoms with Gasteiger partial charge in [0.1, 0.15) is 12.4 Å². The molecule has 6 heteroatoms. The van der Waals surface area contributed by atoms with Crippen LogP contribution >= 0.6 is 11.6 Å². The zero-order valence-electron chi connectivity index (χ0n) is 17.2. The van der Waals surface area contributed by atoms with Crippen LogP contribution in [0.1, 0.15) is 21.5 Å². The summed E-state index contributed by atoms with van der Waals surface area (Å²) < 4.78 is 7.51. The minimum Gasteiger partial charge on any atom is -0.488 e. The Morgan fingerprint density at radius 3 is 2.28 bits per heavy atom. The van der Waals surface area contributed by atoms with E-state index in [9.17, 15) is 9.59 Å². The fourth-order valence-electron chi connectivity index (χ4n) is 3.20. The highest BCUT2D eigenvalue weighted by atomic mass is 35.5. The molecule has 0 fully saturated rings. The molecule has 0 aliphatic rings. The van der Waals surface area contributed by atoms with E-state index in [-0.39, 0.29) is 11.5 Å². The van der Waals surface area contributed by atoms with Gasteiger partial charge >= 0.3 is 0 Å². The minimum atomic E-state index is -0.260. The van der Waals surface area contributed by atoms with Gasteiger partial charge in [-0.25, -0.2) is 0 Å². The first kappa shape index (κ1) is 21.4. The van der Waals surface area contributed by atoms with Crippen LogP contribution in [0.3, 0.4) is 0 Å². The van der Waals surface area contributed by atoms with Gasteiger partial charge in [0, 0.05) is 23.0 Å². The lowest BCUT2D eigenvalue weighted by atomic mass is 10.1. The molecule has 32 heavy (non-hydrogen) atoms. The number of hydrogen-bond acceptors (Lipinski definition) is 3. The van der Waals surface area contributed by atoms with Crippen LogP contribution in [0.15, 0.2) is 102 Å². The number of pyridine rings is 1. The van der Waals surface area contributed by atoms with Gasteiger partial charge in [-0.1, -0.05) is 54.1 Å². The lowest BCUT2D eigenvalue weighted by Gasteiger charge is -2.12. The number of carbonyl (C=O) groups excluding carboxylic acids is 1. The van der Waals surface area contributed by atoms with Crippen LogP contribution < -0.4 is 15.6 Å². The summed E-state index contributed by atoms with van der Waals surface area (Å²) in [5.74, 6) is 0.240. The van der Waals surface area contributed by atoms with Crippen LogP contribution in [0.5, 0.6) is 5.75 Å². The maximum absolute atomic E-state index is 12.9. The van der Waals surface area contributed by atoms with Crippen LogP contribution in [0, 0.1) is 0 Å². The normalized spacial score (nSPS) is 10.5. The number of amides is 1. The lowest BCUT2D eigenvalue weighted by molar-refractivity contribution is 0.102. The molecule has 0 saturated carbocycles. The molecule has 5 nitrogen and oxygen atoms in total. The first-order chi connectivity index (χ1) is 15.6. The third-order valence-electron chi connectivity index (χ3n) is 4.90. The van der Waals surface area contributed by atoms with Gasteiger partial charge in [0.2, 0.25) is 0 Å². The third kappa shape index (κ3) is 5.45. The van der Waals surface area contributed by atoms with Gasteiger partial charge in [0.25, 0.3) is 11.5 Å². The molecule has 0 bridgehead atoms. The second kappa shape index (κ2) is 9.98. The predicted octanol–water partition coefficient (Wildman–Crippen LogP) is 5.38. The molecule has 0 atom stereocenters. The molecule has 0 saturated heterocycles. The Bertz CT molecular complexity index is 1270. The van der Waals surface area contributed by atoms with Gasteiger partial charge < -0.3 is 14.6 Å². The number of aromatic nitrogens is 1. The lowest BCUT2D eigenvalue weighted by Crippen LogP contribution is -2.18. The van der Waals surface area contributed by atoms with Gasteiger partial charge in [-0.05, 0) is 53.6 Å². The summed E-state index contributed by atoms with van der Waals surface area (Å²) in [6.45, 7) is 0.796. The van der Waals surface area contributed by atoms with Crippen molar-refractivity contribution < 1.29 is 9.53 Å². The van der Waals surface area contributed by atoms with E-state index in [1.807, 2.05) is 48.5 Å². The molecule has 0 aliphatic carbocycles. The number of benzene rings is 3. The smallest absolute Gasteiger partial charge is 0.259 e. The molecule has 4 rings (SSSR count). The second-order valence-corrected chi connectivity index (χ2v) is 7.67. The van der Waals surface area contributed by atoms with Crippen LogP contribution in [0.4, 0.5) is 5.69 Å². The monoisotopic (exact) mass is 444 g/mol. The van der Waals surface area contributed by atoms with E-state index < -0.39 is 0 Å². The molecule has 1 amide bonds. The van der Waals surface area contributed by atoms with Crippen molar-refractivity contribution in [3.63, 3.8) is 0 Å². The van der Waals surface area contributed by atoms with Gasteiger partial charge in [-0.3, -0.25) is 9.59 Å². The Balaban J connectivity index is 1.42. The molecule has 160 valence electrons. The molecular weight excluding hydrogens is 424 g/mol. The van der Waals surface area contributed by atoms with Crippen molar-refractivity contribution in [1.29, 1.82) is 0 Å². The van der Waals surface area contributed by atoms with E-state index in [0.717, 1.165) is 11.1 Å². The Morgan fingerprint density at radius 2 is 1.53 bits per heavy atom. The minimum absolute atomic E-state index is 0.0555. The molecule has 3 aromatic carbocycles. The molecule has 4 aromatic rings. The summed E-state index contributed by atoms with van der Waals surface area (Å²) >= 11 is 5.92. The summed E-state index contributed by atoms with van der Waals surface area (Å²) in [6, 6.07) is 27.0. The number of para-hydroxylation sites is 1. The SMILES string of the molecule is O=C(Nc1ccc(Cn2ccccc2=O)cc1)c1ccccc1OCc1ccc(Cl)cc1. The Kier molecular flexibility index (Phi) is 6.68. The number of nitrogens with one attached hydrogen (secondary N) is 1. The molecular formula is C26H21ClN2O3. The second-order valence-electron chi connectivity index (χ2n) is 7.23. The van der Waals surface area contributed by atoms with Crippen LogP contribution in [0.2, 0.25) is 5.02 Å². The number of rotatable bonds is 7. The first-order valence-electron chi connectivity index (χ1n) is 10.1. The number of carbonyl (C=O) groups is 1. The highest BCUT2D eigenvalue weighted by Gasteiger charge is 2.13. The summed E-state index contributed by atoms with van der Waals surface area (Å²) in [5.41, 5.74) is 2.97. The van der Waals surface area contributed by atoms with Crippen molar-refractivity contribution in [3.05, 3.63) is 129 Å². The third-order valence-corrected chi connectivity index (χ3v) is 5.15. The van der Waals surface area contributed by atoms with E-state index in [1.54, 1.807) is 47.2 Å². The molecule has 0 aliphatic heterocycles. The van der Waals surface area contributed by atoms with E-state index in [1.165, 1.54) is 6.07 Å².